The monoisotopic (exact) mass is 365 g/mol. The first-order valence-electron chi connectivity index (χ1n) is 8.13. The Bertz CT molecular complexity index is 958. The maximum absolute atomic E-state index is 12.4. The Morgan fingerprint density at radius 2 is 1.92 bits per heavy atom. The molecule has 0 aliphatic rings. The molecule has 0 aliphatic carbocycles. The highest BCUT2D eigenvalue weighted by Crippen LogP contribution is 2.17. The largest absolute Gasteiger partial charge is 0.346 e. The van der Waals surface area contributed by atoms with Gasteiger partial charge in [-0.3, -0.25) is 19.0 Å². The van der Waals surface area contributed by atoms with Gasteiger partial charge < -0.3 is 5.32 Å². The number of benzene rings is 1. The van der Waals surface area contributed by atoms with Crippen LogP contribution in [0.15, 0.2) is 65.8 Å². The van der Waals surface area contributed by atoms with E-state index in [0.717, 1.165) is 22.5 Å². The Balaban J connectivity index is 1.72. The van der Waals surface area contributed by atoms with E-state index in [1.54, 1.807) is 30.8 Å². The van der Waals surface area contributed by atoms with Crippen LogP contribution in [0.3, 0.4) is 0 Å². The molecule has 1 amide bonds. The maximum Gasteiger partial charge on any atom is 0.251 e. The van der Waals surface area contributed by atoms with Crippen LogP contribution in [0.1, 0.15) is 21.6 Å². The van der Waals surface area contributed by atoms with Crippen molar-refractivity contribution < 1.29 is 9.00 Å². The second kappa shape index (κ2) is 8.01. The van der Waals surface area contributed by atoms with Crippen LogP contribution in [0.25, 0.3) is 11.3 Å². The van der Waals surface area contributed by atoms with Crippen LogP contribution in [-0.4, -0.2) is 26.3 Å². The molecule has 0 radical (unpaired) electrons. The molecule has 0 fully saturated rings. The maximum atomic E-state index is 12.4. The van der Waals surface area contributed by atoms with Gasteiger partial charge in [0.15, 0.2) is 0 Å². The molecule has 0 bridgehead atoms. The molecular weight excluding hydrogens is 346 g/mol. The number of hydrogen-bond acceptors (Lipinski definition) is 4. The van der Waals surface area contributed by atoms with E-state index in [1.807, 2.05) is 43.3 Å². The van der Waals surface area contributed by atoms with Gasteiger partial charge in [0, 0.05) is 34.7 Å². The van der Waals surface area contributed by atoms with Gasteiger partial charge in [0.25, 0.3) is 5.91 Å². The third kappa shape index (κ3) is 4.21. The fourth-order valence-electron chi connectivity index (χ4n) is 2.59. The van der Waals surface area contributed by atoms with E-state index in [4.69, 9.17) is 0 Å². The SMILES string of the molecule is Cc1ccc(C(=O)NCc2cc(-c3ccccn3)ccn2)cc1S(C)=O. The zero-order valence-corrected chi connectivity index (χ0v) is 15.4. The van der Waals surface area contributed by atoms with Gasteiger partial charge in [-0.05, 0) is 48.9 Å². The minimum atomic E-state index is -1.13. The molecule has 1 atom stereocenters. The van der Waals surface area contributed by atoms with Crippen LogP contribution < -0.4 is 5.32 Å². The normalized spacial score (nSPS) is 11.8. The molecule has 0 saturated heterocycles. The standard InChI is InChI=1S/C20H19N3O2S/c1-14-6-7-16(12-19(14)26(2)25)20(24)23-13-17-11-15(8-10-21-17)18-5-3-4-9-22-18/h3-12H,13H2,1-2H3,(H,23,24). The summed E-state index contributed by atoms with van der Waals surface area (Å²) in [7, 11) is -1.13. The van der Waals surface area contributed by atoms with Crippen molar-refractivity contribution in [1.29, 1.82) is 0 Å². The van der Waals surface area contributed by atoms with Gasteiger partial charge in [-0.25, -0.2) is 0 Å². The van der Waals surface area contributed by atoms with Gasteiger partial charge in [-0.2, -0.15) is 0 Å². The highest BCUT2D eigenvalue weighted by molar-refractivity contribution is 7.84. The summed E-state index contributed by atoms with van der Waals surface area (Å²) in [5, 5.41) is 2.86. The van der Waals surface area contributed by atoms with Crippen LogP contribution in [0.4, 0.5) is 0 Å². The zero-order valence-electron chi connectivity index (χ0n) is 14.6. The van der Waals surface area contributed by atoms with E-state index in [0.29, 0.717) is 17.0 Å². The molecule has 6 heteroatoms. The van der Waals surface area contributed by atoms with E-state index >= 15 is 0 Å². The van der Waals surface area contributed by atoms with Gasteiger partial charge in [-0.15, -0.1) is 0 Å². The van der Waals surface area contributed by atoms with Crippen molar-refractivity contribution in [2.24, 2.45) is 0 Å². The Kier molecular flexibility index (Phi) is 5.53. The van der Waals surface area contributed by atoms with Crippen molar-refractivity contribution in [3.05, 3.63) is 77.7 Å². The number of pyridine rings is 2. The van der Waals surface area contributed by atoms with E-state index in [-0.39, 0.29) is 5.91 Å². The molecule has 1 aromatic carbocycles. The Labute approximate surface area is 155 Å². The molecule has 5 nitrogen and oxygen atoms in total. The molecule has 2 heterocycles. The third-order valence-corrected chi connectivity index (χ3v) is 5.03. The van der Waals surface area contributed by atoms with Gasteiger partial charge in [-0.1, -0.05) is 12.1 Å². The Morgan fingerprint density at radius 3 is 2.65 bits per heavy atom. The number of amides is 1. The summed E-state index contributed by atoms with van der Waals surface area (Å²) in [6, 6.07) is 14.7. The number of nitrogens with one attached hydrogen (secondary N) is 1. The molecular formula is C20H19N3O2S. The van der Waals surface area contributed by atoms with E-state index in [1.165, 1.54) is 0 Å². The Morgan fingerprint density at radius 1 is 1.08 bits per heavy atom. The third-order valence-electron chi connectivity index (χ3n) is 3.97. The minimum absolute atomic E-state index is 0.221. The lowest BCUT2D eigenvalue weighted by Gasteiger charge is -2.09. The molecule has 0 spiro atoms. The van der Waals surface area contributed by atoms with Crippen molar-refractivity contribution >= 4 is 16.7 Å². The number of carbonyl (C=O) groups is 1. The summed E-state index contributed by atoms with van der Waals surface area (Å²) in [6.07, 6.45) is 5.05. The van der Waals surface area contributed by atoms with Crippen molar-refractivity contribution in [1.82, 2.24) is 15.3 Å². The smallest absolute Gasteiger partial charge is 0.251 e. The predicted octanol–water partition coefficient (Wildman–Crippen LogP) is 3.12. The lowest BCUT2D eigenvalue weighted by Crippen LogP contribution is -2.23. The van der Waals surface area contributed by atoms with E-state index < -0.39 is 10.8 Å². The molecule has 132 valence electrons. The zero-order chi connectivity index (χ0) is 18.5. The second-order valence-electron chi connectivity index (χ2n) is 5.87. The van der Waals surface area contributed by atoms with Crippen LogP contribution in [0, 0.1) is 6.92 Å². The molecule has 3 rings (SSSR count). The minimum Gasteiger partial charge on any atom is -0.346 e. The number of hydrogen-bond donors (Lipinski definition) is 1. The van der Waals surface area contributed by atoms with Crippen molar-refractivity contribution in [3.63, 3.8) is 0 Å². The Hall–Kier alpha value is -2.86. The van der Waals surface area contributed by atoms with Gasteiger partial charge in [0.2, 0.25) is 0 Å². The molecule has 1 N–H and O–H groups in total. The van der Waals surface area contributed by atoms with Crippen molar-refractivity contribution in [2.45, 2.75) is 18.4 Å². The van der Waals surface area contributed by atoms with E-state index in [9.17, 15) is 9.00 Å². The lowest BCUT2D eigenvalue weighted by atomic mass is 10.1. The number of aromatic nitrogens is 2. The van der Waals surface area contributed by atoms with Gasteiger partial charge in [0.05, 0.1) is 28.7 Å². The number of nitrogens with zero attached hydrogens (tertiary/aromatic N) is 2. The highest BCUT2D eigenvalue weighted by atomic mass is 32.2. The fourth-order valence-corrected chi connectivity index (χ4v) is 3.41. The van der Waals surface area contributed by atoms with Crippen LogP contribution in [0.2, 0.25) is 0 Å². The highest BCUT2D eigenvalue weighted by Gasteiger charge is 2.10. The molecule has 0 aliphatic heterocycles. The lowest BCUT2D eigenvalue weighted by molar-refractivity contribution is 0.0950. The quantitative estimate of drug-likeness (QED) is 0.754. The van der Waals surface area contributed by atoms with Crippen LogP contribution in [0.5, 0.6) is 0 Å². The molecule has 1 unspecified atom stereocenters. The summed E-state index contributed by atoms with van der Waals surface area (Å²) < 4.78 is 11.8. The topological polar surface area (TPSA) is 72.0 Å². The van der Waals surface area contributed by atoms with Crippen LogP contribution >= 0.6 is 0 Å². The first-order valence-corrected chi connectivity index (χ1v) is 9.69. The molecule has 26 heavy (non-hydrogen) atoms. The van der Waals surface area contributed by atoms with Gasteiger partial charge in [0.1, 0.15) is 0 Å². The molecule has 2 aromatic heterocycles. The van der Waals surface area contributed by atoms with Crippen molar-refractivity contribution in [3.8, 4) is 11.3 Å². The summed E-state index contributed by atoms with van der Waals surface area (Å²) in [5.74, 6) is -0.221. The van der Waals surface area contributed by atoms with E-state index in [2.05, 4.69) is 15.3 Å². The van der Waals surface area contributed by atoms with Gasteiger partial charge >= 0.3 is 0 Å². The number of aryl methyl sites for hydroxylation is 1. The summed E-state index contributed by atoms with van der Waals surface area (Å²) >= 11 is 0. The van der Waals surface area contributed by atoms with Crippen molar-refractivity contribution in [2.75, 3.05) is 6.26 Å². The number of rotatable bonds is 5. The number of carbonyl (C=O) groups excluding carboxylic acids is 1. The first-order chi connectivity index (χ1) is 12.5. The summed E-state index contributed by atoms with van der Waals surface area (Å²) in [5.41, 5.74) is 3.95. The average Bonchev–Trinajstić information content (AvgIpc) is 2.67. The summed E-state index contributed by atoms with van der Waals surface area (Å²) in [4.78, 5) is 21.7. The molecule has 0 saturated carbocycles. The second-order valence-corrected chi connectivity index (χ2v) is 7.22. The summed E-state index contributed by atoms with van der Waals surface area (Å²) in [6.45, 7) is 2.18. The average molecular weight is 365 g/mol. The first kappa shape index (κ1) is 17.9. The fraction of sp³-hybridized carbons (Fsp3) is 0.150. The predicted molar refractivity (Wildman–Crippen MR) is 102 cm³/mol. The molecule has 3 aromatic rings. The van der Waals surface area contributed by atoms with Crippen LogP contribution in [-0.2, 0) is 17.3 Å².